The number of aromatic nitrogens is 2. The third-order valence-corrected chi connectivity index (χ3v) is 4.29. The number of furan rings is 1. The molecule has 0 unspecified atom stereocenters. The van der Waals surface area contributed by atoms with Crippen LogP contribution in [0.2, 0.25) is 0 Å². The second-order valence-corrected chi connectivity index (χ2v) is 5.94. The van der Waals surface area contributed by atoms with E-state index in [1.807, 2.05) is 54.6 Å². The Kier molecular flexibility index (Phi) is 3.65. The van der Waals surface area contributed by atoms with Gasteiger partial charge in [-0.15, -0.1) is 0 Å². The van der Waals surface area contributed by atoms with Crippen molar-refractivity contribution in [3.63, 3.8) is 0 Å². The number of hydrogen-bond acceptors (Lipinski definition) is 3. The van der Waals surface area contributed by atoms with Crippen LogP contribution in [0.25, 0.3) is 22.0 Å². The average Bonchev–Trinajstić information content (AvgIpc) is 3.15. The first-order valence-corrected chi connectivity index (χ1v) is 8.02. The first-order valence-electron chi connectivity index (χ1n) is 8.02. The summed E-state index contributed by atoms with van der Waals surface area (Å²) in [6.07, 6.45) is 0. The lowest BCUT2D eigenvalue weighted by molar-refractivity contribution is -0.121. The third kappa shape index (κ3) is 2.71. The number of aryl methyl sites for hydroxylation is 1. The van der Waals surface area contributed by atoms with Gasteiger partial charge in [0.05, 0.1) is 17.6 Å². The summed E-state index contributed by atoms with van der Waals surface area (Å²) in [6, 6.07) is 17.0. The molecular formula is C19H17N3O3. The van der Waals surface area contributed by atoms with E-state index in [1.165, 1.54) is 4.57 Å². The summed E-state index contributed by atoms with van der Waals surface area (Å²) in [5, 5.41) is 3.81. The predicted octanol–water partition coefficient (Wildman–Crippen LogP) is 2.40. The molecule has 0 saturated heterocycles. The molecule has 0 aliphatic rings. The van der Waals surface area contributed by atoms with Crippen LogP contribution in [0.1, 0.15) is 5.76 Å². The van der Waals surface area contributed by atoms with E-state index in [4.69, 9.17) is 4.42 Å². The molecule has 6 nitrogen and oxygen atoms in total. The van der Waals surface area contributed by atoms with Gasteiger partial charge in [0.15, 0.2) is 0 Å². The van der Waals surface area contributed by atoms with Crippen molar-refractivity contribution in [3.8, 4) is 0 Å². The molecule has 126 valence electrons. The molecule has 1 N–H and O–H groups in total. The standard InChI is InChI=1S/C19H17N3O3/c1-21-15-7-3-4-8-16(15)22(19(21)24)12-18(23)20-11-14-10-13-6-2-5-9-17(13)25-14/h2-10H,11-12H2,1H3,(H,20,23). The van der Waals surface area contributed by atoms with Gasteiger partial charge in [0.2, 0.25) is 5.91 Å². The second-order valence-electron chi connectivity index (χ2n) is 5.94. The number of carbonyl (C=O) groups is 1. The fraction of sp³-hybridized carbons (Fsp3) is 0.158. The number of para-hydroxylation sites is 3. The highest BCUT2D eigenvalue weighted by molar-refractivity contribution is 5.81. The van der Waals surface area contributed by atoms with Crippen LogP contribution in [-0.4, -0.2) is 15.0 Å². The molecule has 4 rings (SSSR count). The minimum Gasteiger partial charge on any atom is -0.459 e. The molecule has 0 bridgehead atoms. The minimum absolute atomic E-state index is 0.0274. The lowest BCUT2D eigenvalue weighted by atomic mass is 10.2. The first kappa shape index (κ1) is 15.3. The number of hydrogen-bond donors (Lipinski definition) is 1. The monoisotopic (exact) mass is 335 g/mol. The van der Waals surface area contributed by atoms with Crippen LogP contribution in [0.5, 0.6) is 0 Å². The Morgan fingerprint density at radius 1 is 1.08 bits per heavy atom. The number of nitrogens with zero attached hydrogens (tertiary/aromatic N) is 2. The molecule has 2 heterocycles. The number of benzene rings is 2. The molecule has 6 heteroatoms. The van der Waals surface area contributed by atoms with Crippen LogP contribution in [0.3, 0.4) is 0 Å². The molecule has 0 atom stereocenters. The normalized spacial score (nSPS) is 11.2. The minimum atomic E-state index is -0.237. The molecule has 0 radical (unpaired) electrons. The third-order valence-electron chi connectivity index (χ3n) is 4.29. The van der Waals surface area contributed by atoms with E-state index in [1.54, 1.807) is 11.6 Å². The van der Waals surface area contributed by atoms with Gasteiger partial charge in [-0.25, -0.2) is 4.79 Å². The Labute approximate surface area is 143 Å². The topological polar surface area (TPSA) is 69.2 Å². The Balaban J connectivity index is 1.51. The Bertz CT molecular complexity index is 1100. The SMILES string of the molecule is Cn1c(=O)n(CC(=O)NCc2cc3ccccc3o2)c2ccccc21. The predicted molar refractivity (Wildman–Crippen MR) is 95.2 cm³/mol. The summed E-state index contributed by atoms with van der Waals surface area (Å²) >= 11 is 0. The Hall–Kier alpha value is -3.28. The van der Waals surface area contributed by atoms with Gasteiger partial charge in [0, 0.05) is 12.4 Å². The molecule has 2 aromatic carbocycles. The average molecular weight is 335 g/mol. The van der Waals surface area contributed by atoms with Crippen molar-refractivity contribution in [1.29, 1.82) is 0 Å². The molecule has 0 fully saturated rings. The molecule has 0 saturated carbocycles. The molecule has 25 heavy (non-hydrogen) atoms. The lowest BCUT2D eigenvalue weighted by Gasteiger charge is -2.04. The lowest BCUT2D eigenvalue weighted by Crippen LogP contribution is -2.32. The van der Waals surface area contributed by atoms with E-state index in [0.717, 1.165) is 22.0 Å². The zero-order valence-electron chi connectivity index (χ0n) is 13.7. The first-order chi connectivity index (χ1) is 12.1. The second kappa shape index (κ2) is 5.98. The molecule has 0 aliphatic heterocycles. The number of imidazole rings is 1. The van der Waals surface area contributed by atoms with Crippen LogP contribution in [0.4, 0.5) is 0 Å². The Morgan fingerprint density at radius 3 is 2.60 bits per heavy atom. The van der Waals surface area contributed by atoms with Gasteiger partial charge >= 0.3 is 5.69 Å². The fourth-order valence-corrected chi connectivity index (χ4v) is 3.03. The number of amides is 1. The van der Waals surface area contributed by atoms with Crippen LogP contribution >= 0.6 is 0 Å². The van der Waals surface area contributed by atoms with Gasteiger partial charge < -0.3 is 9.73 Å². The van der Waals surface area contributed by atoms with Gasteiger partial charge in [-0.2, -0.15) is 0 Å². The summed E-state index contributed by atoms with van der Waals surface area (Å²) in [4.78, 5) is 24.6. The highest BCUT2D eigenvalue weighted by Gasteiger charge is 2.13. The van der Waals surface area contributed by atoms with E-state index < -0.39 is 0 Å². The van der Waals surface area contributed by atoms with Crippen LogP contribution in [-0.2, 0) is 24.9 Å². The number of nitrogens with one attached hydrogen (secondary N) is 1. The summed E-state index contributed by atoms with van der Waals surface area (Å²) in [6.45, 7) is 0.257. The summed E-state index contributed by atoms with van der Waals surface area (Å²) in [5.74, 6) is 0.443. The Morgan fingerprint density at radius 2 is 1.80 bits per heavy atom. The number of carbonyl (C=O) groups excluding carboxylic acids is 1. The van der Waals surface area contributed by atoms with Crippen molar-refractivity contribution >= 4 is 27.9 Å². The van der Waals surface area contributed by atoms with E-state index in [9.17, 15) is 9.59 Å². The summed E-state index contributed by atoms with van der Waals surface area (Å²) in [5.41, 5.74) is 2.13. The fourth-order valence-electron chi connectivity index (χ4n) is 3.03. The molecule has 2 aromatic heterocycles. The van der Waals surface area contributed by atoms with Gasteiger partial charge in [-0.05, 0) is 24.3 Å². The van der Waals surface area contributed by atoms with E-state index in [-0.39, 0.29) is 24.7 Å². The highest BCUT2D eigenvalue weighted by atomic mass is 16.3. The van der Waals surface area contributed by atoms with E-state index in [0.29, 0.717) is 5.76 Å². The number of rotatable bonds is 4. The van der Waals surface area contributed by atoms with Crippen molar-refractivity contribution < 1.29 is 9.21 Å². The highest BCUT2D eigenvalue weighted by Crippen LogP contribution is 2.18. The summed E-state index contributed by atoms with van der Waals surface area (Å²) in [7, 11) is 1.70. The van der Waals surface area contributed by atoms with Gasteiger partial charge in [0.1, 0.15) is 17.9 Å². The van der Waals surface area contributed by atoms with E-state index >= 15 is 0 Å². The van der Waals surface area contributed by atoms with Crippen molar-refractivity contribution in [2.24, 2.45) is 7.05 Å². The zero-order valence-corrected chi connectivity index (χ0v) is 13.7. The van der Waals surface area contributed by atoms with E-state index in [2.05, 4.69) is 5.32 Å². The van der Waals surface area contributed by atoms with Crippen LogP contribution < -0.4 is 11.0 Å². The molecule has 0 aliphatic carbocycles. The quantitative estimate of drug-likeness (QED) is 0.623. The van der Waals surface area contributed by atoms with Gasteiger partial charge in [-0.3, -0.25) is 13.9 Å². The van der Waals surface area contributed by atoms with Crippen LogP contribution in [0, 0.1) is 0 Å². The van der Waals surface area contributed by atoms with Gasteiger partial charge in [-0.1, -0.05) is 30.3 Å². The van der Waals surface area contributed by atoms with Gasteiger partial charge in [0.25, 0.3) is 0 Å². The molecule has 4 aromatic rings. The maximum atomic E-state index is 12.3. The molecule has 0 spiro atoms. The summed E-state index contributed by atoms with van der Waals surface area (Å²) < 4.78 is 8.70. The van der Waals surface area contributed by atoms with Crippen molar-refractivity contribution in [3.05, 3.63) is 70.8 Å². The zero-order chi connectivity index (χ0) is 17.4. The molecule has 1 amide bonds. The van der Waals surface area contributed by atoms with Crippen molar-refractivity contribution in [2.75, 3.05) is 0 Å². The largest absolute Gasteiger partial charge is 0.459 e. The molecular weight excluding hydrogens is 318 g/mol. The van der Waals surface area contributed by atoms with Crippen molar-refractivity contribution in [2.45, 2.75) is 13.1 Å². The smallest absolute Gasteiger partial charge is 0.329 e. The van der Waals surface area contributed by atoms with Crippen molar-refractivity contribution in [1.82, 2.24) is 14.5 Å². The maximum Gasteiger partial charge on any atom is 0.329 e. The number of fused-ring (bicyclic) bond motifs is 2. The maximum absolute atomic E-state index is 12.3. The van der Waals surface area contributed by atoms with Crippen LogP contribution in [0.15, 0.2) is 63.8 Å².